The van der Waals surface area contributed by atoms with Crippen LogP contribution in [0.5, 0.6) is 0 Å². The SMILES string of the molecule is Cc1occc1C(=O)NC1(CO)CCCCC1. The summed E-state index contributed by atoms with van der Waals surface area (Å²) in [5.74, 6) is 0.471. The quantitative estimate of drug-likeness (QED) is 0.845. The zero-order valence-corrected chi connectivity index (χ0v) is 10.2. The molecule has 1 amide bonds. The van der Waals surface area contributed by atoms with E-state index in [1.165, 1.54) is 12.7 Å². The third-order valence-corrected chi connectivity index (χ3v) is 3.60. The number of hydrogen-bond donors (Lipinski definition) is 2. The first-order valence-corrected chi connectivity index (χ1v) is 6.14. The summed E-state index contributed by atoms with van der Waals surface area (Å²) in [5, 5.41) is 12.5. The fourth-order valence-corrected chi connectivity index (χ4v) is 2.48. The molecule has 4 heteroatoms. The number of hydrogen-bond acceptors (Lipinski definition) is 3. The lowest BCUT2D eigenvalue weighted by Gasteiger charge is -2.36. The minimum absolute atomic E-state index is 0.00956. The molecule has 2 rings (SSSR count). The van der Waals surface area contributed by atoms with Crippen molar-refractivity contribution in [3.05, 3.63) is 23.7 Å². The molecule has 0 aliphatic heterocycles. The zero-order valence-electron chi connectivity index (χ0n) is 10.2. The Morgan fingerprint density at radius 3 is 2.71 bits per heavy atom. The van der Waals surface area contributed by atoms with Gasteiger partial charge in [-0.15, -0.1) is 0 Å². The number of carbonyl (C=O) groups excluding carboxylic acids is 1. The summed E-state index contributed by atoms with van der Waals surface area (Å²) in [6, 6.07) is 1.67. The molecule has 1 heterocycles. The summed E-state index contributed by atoms with van der Waals surface area (Å²) in [7, 11) is 0. The largest absolute Gasteiger partial charge is 0.469 e. The lowest BCUT2D eigenvalue weighted by atomic mass is 9.82. The van der Waals surface area contributed by atoms with E-state index in [9.17, 15) is 9.90 Å². The van der Waals surface area contributed by atoms with E-state index in [0.29, 0.717) is 11.3 Å². The molecule has 0 bridgehead atoms. The van der Waals surface area contributed by atoms with Crippen LogP contribution in [0.4, 0.5) is 0 Å². The molecule has 0 atom stereocenters. The van der Waals surface area contributed by atoms with Crippen LogP contribution in [0.2, 0.25) is 0 Å². The van der Waals surface area contributed by atoms with Gasteiger partial charge in [0.15, 0.2) is 0 Å². The van der Waals surface area contributed by atoms with Gasteiger partial charge in [0, 0.05) is 0 Å². The van der Waals surface area contributed by atoms with Gasteiger partial charge < -0.3 is 14.8 Å². The van der Waals surface area contributed by atoms with Crippen LogP contribution in [0.1, 0.15) is 48.2 Å². The number of amides is 1. The minimum atomic E-state index is -0.432. The smallest absolute Gasteiger partial charge is 0.255 e. The highest BCUT2D eigenvalue weighted by Gasteiger charge is 2.33. The van der Waals surface area contributed by atoms with Gasteiger partial charge in [-0.3, -0.25) is 4.79 Å². The van der Waals surface area contributed by atoms with Crippen molar-refractivity contribution >= 4 is 5.91 Å². The van der Waals surface area contributed by atoms with Crippen LogP contribution in [0.15, 0.2) is 16.7 Å². The summed E-state index contributed by atoms with van der Waals surface area (Å²) in [6.45, 7) is 1.77. The molecule has 94 valence electrons. The third kappa shape index (κ3) is 2.52. The van der Waals surface area contributed by atoms with Crippen molar-refractivity contribution in [2.24, 2.45) is 0 Å². The number of aliphatic hydroxyl groups excluding tert-OH is 1. The molecule has 4 nitrogen and oxygen atoms in total. The number of rotatable bonds is 3. The van der Waals surface area contributed by atoms with E-state index in [2.05, 4.69) is 5.32 Å². The van der Waals surface area contributed by atoms with E-state index in [1.807, 2.05) is 0 Å². The molecule has 0 saturated heterocycles. The average molecular weight is 237 g/mol. The van der Waals surface area contributed by atoms with Crippen LogP contribution >= 0.6 is 0 Å². The monoisotopic (exact) mass is 237 g/mol. The van der Waals surface area contributed by atoms with E-state index in [4.69, 9.17) is 4.42 Å². The van der Waals surface area contributed by atoms with Gasteiger partial charge in [-0.25, -0.2) is 0 Å². The number of aliphatic hydroxyl groups is 1. The van der Waals surface area contributed by atoms with Gasteiger partial charge in [0.25, 0.3) is 5.91 Å². The molecule has 0 aromatic carbocycles. The van der Waals surface area contributed by atoms with Crippen molar-refractivity contribution in [2.75, 3.05) is 6.61 Å². The van der Waals surface area contributed by atoms with Crippen LogP contribution in [-0.2, 0) is 0 Å². The van der Waals surface area contributed by atoms with Crippen molar-refractivity contribution in [3.8, 4) is 0 Å². The first-order chi connectivity index (χ1) is 8.17. The maximum Gasteiger partial charge on any atom is 0.255 e. The number of nitrogens with one attached hydrogen (secondary N) is 1. The summed E-state index contributed by atoms with van der Waals surface area (Å²) in [4.78, 5) is 12.1. The first-order valence-electron chi connectivity index (χ1n) is 6.14. The van der Waals surface area contributed by atoms with Gasteiger partial charge in [-0.05, 0) is 25.8 Å². The van der Waals surface area contributed by atoms with Crippen molar-refractivity contribution in [1.29, 1.82) is 0 Å². The second kappa shape index (κ2) is 4.92. The van der Waals surface area contributed by atoms with Crippen LogP contribution < -0.4 is 5.32 Å². The van der Waals surface area contributed by atoms with Crippen molar-refractivity contribution < 1.29 is 14.3 Å². The number of aryl methyl sites for hydroxylation is 1. The Balaban J connectivity index is 2.08. The molecule has 0 radical (unpaired) electrons. The standard InChI is InChI=1S/C13H19NO3/c1-10-11(5-8-17-10)12(16)14-13(9-15)6-3-2-4-7-13/h5,8,15H,2-4,6-7,9H2,1H3,(H,14,16). The van der Waals surface area contributed by atoms with Gasteiger partial charge in [0.05, 0.1) is 24.0 Å². The highest BCUT2D eigenvalue weighted by Crippen LogP contribution is 2.28. The molecule has 0 unspecified atom stereocenters. The molecule has 1 aromatic rings. The fraction of sp³-hybridized carbons (Fsp3) is 0.615. The third-order valence-electron chi connectivity index (χ3n) is 3.60. The van der Waals surface area contributed by atoms with E-state index in [-0.39, 0.29) is 12.5 Å². The van der Waals surface area contributed by atoms with Crippen LogP contribution in [0, 0.1) is 6.92 Å². The lowest BCUT2D eigenvalue weighted by molar-refractivity contribution is 0.0757. The second-order valence-corrected chi connectivity index (χ2v) is 4.84. The molecule has 1 aliphatic rings. The van der Waals surface area contributed by atoms with E-state index in [1.54, 1.807) is 13.0 Å². The Morgan fingerprint density at radius 2 is 2.18 bits per heavy atom. The maximum absolute atomic E-state index is 12.1. The Bertz CT molecular complexity index is 391. The number of carbonyl (C=O) groups is 1. The molecule has 1 aromatic heterocycles. The Labute approximate surface area is 101 Å². The summed E-state index contributed by atoms with van der Waals surface area (Å²) in [6.07, 6.45) is 6.52. The van der Waals surface area contributed by atoms with Crippen molar-refractivity contribution in [3.63, 3.8) is 0 Å². The van der Waals surface area contributed by atoms with Crippen molar-refractivity contribution in [1.82, 2.24) is 5.32 Å². The topological polar surface area (TPSA) is 62.5 Å². The molecule has 1 fully saturated rings. The summed E-state index contributed by atoms with van der Waals surface area (Å²) >= 11 is 0. The van der Waals surface area contributed by atoms with E-state index >= 15 is 0 Å². The second-order valence-electron chi connectivity index (χ2n) is 4.84. The van der Waals surface area contributed by atoms with Gasteiger partial charge in [-0.2, -0.15) is 0 Å². The molecule has 17 heavy (non-hydrogen) atoms. The predicted molar refractivity (Wildman–Crippen MR) is 63.8 cm³/mol. The average Bonchev–Trinajstić information content (AvgIpc) is 2.77. The lowest BCUT2D eigenvalue weighted by Crippen LogP contribution is -2.52. The Hall–Kier alpha value is -1.29. The van der Waals surface area contributed by atoms with Gasteiger partial charge >= 0.3 is 0 Å². The zero-order chi connectivity index (χ0) is 12.3. The predicted octanol–water partition coefficient (Wildman–Crippen LogP) is 2.01. The van der Waals surface area contributed by atoms with Crippen LogP contribution in [0.25, 0.3) is 0 Å². The normalized spacial score (nSPS) is 18.9. The highest BCUT2D eigenvalue weighted by atomic mass is 16.3. The first kappa shape index (κ1) is 12.2. The van der Waals surface area contributed by atoms with Crippen LogP contribution in [0.3, 0.4) is 0 Å². The number of furan rings is 1. The fourth-order valence-electron chi connectivity index (χ4n) is 2.48. The summed E-state index contributed by atoms with van der Waals surface area (Å²) in [5.41, 5.74) is 0.127. The molecule has 2 N–H and O–H groups in total. The molecule has 1 aliphatic carbocycles. The van der Waals surface area contributed by atoms with E-state index < -0.39 is 5.54 Å². The van der Waals surface area contributed by atoms with Crippen LogP contribution in [-0.4, -0.2) is 23.2 Å². The van der Waals surface area contributed by atoms with Gasteiger partial charge in [0.2, 0.25) is 0 Å². The van der Waals surface area contributed by atoms with Gasteiger partial charge in [0.1, 0.15) is 5.76 Å². The van der Waals surface area contributed by atoms with Gasteiger partial charge in [-0.1, -0.05) is 19.3 Å². The molecule has 1 saturated carbocycles. The molecular weight excluding hydrogens is 218 g/mol. The van der Waals surface area contributed by atoms with Crippen molar-refractivity contribution in [2.45, 2.75) is 44.6 Å². The highest BCUT2D eigenvalue weighted by molar-refractivity contribution is 5.95. The molecular formula is C13H19NO3. The maximum atomic E-state index is 12.1. The van der Waals surface area contributed by atoms with E-state index in [0.717, 1.165) is 25.7 Å². The Morgan fingerprint density at radius 1 is 1.47 bits per heavy atom. The summed E-state index contributed by atoms with van der Waals surface area (Å²) < 4.78 is 5.12. The Kier molecular flexibility index (Phi) is 3.52. The minimum Gasteiger partial charge on any atom is -0.469 e. The molecule has 0 spiro atoms.